The van der Waals surface area contributed by atoms with Crippen LogP contribution in [0.5, 0.6) is 11.5 Å². The molecule has 0 aliphatic heterocycles. The summed E-state index contributed by atoms with van der Waals surface area (Å²) >= 11 is 0. The number of halogens is 1. The van der Waals surface area contributed by atoms with Gasteiger partial charge >= 0.3 is 0 Å². The number of carbonyl (C=O) groups is 1. The van der Waals surface area contributed by atoms with Crippen molar-refractivity contribution in [3.63, 3.8) is 0 Å². The Hall–Kier alpha value is -1.46. The molecular weight excluding hydrogens is 328 g/mol. The van der Waals surface area contributed by atoms with Gasteiger partial charge in [-0.15, -0.1) is 12.4 Å². The highest BCUT2D eigenvalue weighted by atomic mass is 35.5. The first-order valence-corrected chi connectivity index (χ1v) is 8.13. The maximum Gasteiger partial charge on any atom is 0.223 e. The predicted molar refractivity (Wildman–Crippen MR) is 98.1 cm³/mol. The van der Waals surface area contributed by atoms with E-state index in [2.05, 4.69) is 19.2 Å². The number of rotatable bonds is 6. The van der Waals surface area contributed by atoms with Gasteiger partial charge in [0.15, 0.2) is 11.5 Å². The van der Waals surface area contributed by atoms with E-state index in [1.165, 1.54) is 0 Å². The summed E-state index contributed by atoms with van der Waals surface area (Å²) in [6.45, 7) is 4.79. The van der Waals surface area contributed by atoms with Gasteiger partial charge in [-0.05, 0) is 37.0 Å². The average molecular weight is 357 g/mol. The number of nitrogens with one attached hydrogen (secondary N) is 1. The van der Waals surface area contributed by atoms with Crippen molar-refractivity contribution in [2.45, 2.75) is 44.6 Å². The molecule has 1 aromatic rings. The molecule has 0 radical (unpaired) electrons. The molecule has 2 unspecified atom stereocenters. The average Bonchev–Trinajstić information content (AvgIpc) is 2.98. The Balaban J connectivity index is 0.00000288. The van der Waals surface area contributed by atoms with Crippen LogP contribution in [-0.2, 0) is 10.2 Å². The highest BCUT2D eigenvalue weighted by molar-refractivity contribution is 5.85. The van der Waals surface area contributed by atoms with Gasteiger partial charge in [-0.25, -0.2) is 0 Å². The van der Waals surface area contributed by atoms with Crippen molar-refractivity contribution in [1.29, 1.82) is 0 Å². The van der Waals surface area contributed by atoms with Crippen molar-refractivity contribution in [2.75, 3.05) is 20.8 Å². The monoisotopic (exact) mass is 356 g/mol. The van der Waals surface area contributed by atoms with E-state index in [9.17, 15) is 4.79 Å². The first-order valence-electron chi connectivity index (χ1n) is 8.13. The van der Waals surface area contributed by atoms with Gasteiger partial charge in [-0.2, -0.15) is 0 Å². The van der Waals surface area contributed by atoms with Gasteiger partial charge in [0, 0.05) is 23.9 Å². The first kappa shape index (κ1) is 20.6. The summed E-state index contributed by atoms with van der Waals surface area (Å²) in [5.74, 6) is 1.58. The van der Waals surface area contributed by atoms with Crippen LogP contribution in [0.3, 0.4) is 0 Å². The van der Waals surface area contributed by atoms with Crippen molar-refractivity contribution in [3.8, 4) is 11.5 Å². The quantitative estimate of drug-likeness (QED) is 0.821. The number of ether oxygens (including phenoxy) is 2. The first-order chi connectivity index (χ1) is 10.9. The van der Waals surface area contributed by atoms with E-state index in [1.54, 1.807) is 14.2 Å². The molecule has 6 heteroatoms. The summed E-state index contributed by atoms with van der Waals surface area (Å²) in [7, 11) is 3.24. The fraction of sp³-hybridized carbons (Fsp3) is 0.611. The molecule has 0 aromatic heterocycles. The van der Waals surface area contributed by atoms with Gasteiger partial charge in [-0.3, -0.25) is 4.79 Å². The van der Waals surface area contributed by atoms with Gasteiger partial charge in [0.1, 0.15) is 0 Å². The maximum absolute atomic E-state index is 12.3. The fourth-order valence-electron chi connectivity index (χ4n) is 3.07. The van der Waals surface area contributed by atoms with Gasteiger partial charge in [0.05, 0.1) is 14.2 Å². The molecule has 5 nitrogen and oxygen atoms in total. The molecule has 0 saturated heterocycles. The minimum absolute atomic E-state index is 0. The van der Waals surface area contributed by atoms with Gasteiger partial charge in [0.2, 0.25) is 5.91 Å². The largest absolute Gasteiger partial charge is 0.493 e. The number of benzene rings is 1. The van der Waals surface area contributed by atoms with Crippen molar-refractivity contribution < 1.29 is 14.3 Å². The third-order valence-electron chi connectivity index (χ3n) is 4.71. The van der Waals surface area contributed by atoms with Gasteiger partial charge < -0.3 is 20.5 Å². The molecule has 1 aromatic carbocycles. The number of hydrogen-bond acceptors (Lipinski definition) is 4. The van der Waals surface area contributed by atoms with Gasteiger partial charge in [-0.1, -0.05) is 19.9 Å². The van der Waals surface area contributed by atoms with Crippen molar-refractivity contribution >= 4 is 18.3 Å². The molecule has 136 valence electrons. The summed E-state index contributed by atoms with van der Waals surface area (Å²) in [4.78, 5) is 12.3. The number of methoxy groups -OCH3 is 2. The molecule has 1 aliphatic carbocycles. The molecule has 1 saturated carbocycles. The second kappa shape index (κ2) is 8.58. The lowest BCUT2D eigenvalue weighted by Gasteiger charge is -2.27. The maximum atomic E-state index is 12.3. The third kappa shape index (κ3) is 4.77. The number of hydrogen-bond donors (Lipinski definition) is 2. The predicted octanol–water partition coefficient (Wildman–Crippen LogP) is 2.65. The van der Waals surface area contributed by atoms with Crippen LogP contribution in [0.2, 0.25) is 0 Å². The van der Waals surface area contributed by atoms with Gasteiger partial charge in [0.25, 0.3) is 0 Å². The summed E-state index contributed by atoms with van der Waals surface area (Å²) in [5, 5.41) is 3.08. The van der Waals surface area contributed by atoms with E-state index in [0.29, 0.717) is 18.0 Å². The molecule has 1 fully saturated rings. The number of amides is 1. The highest BCUT2D eigenvalue weighted by Crippen LogP contribution is 2.33. The van der Waals surface area contributed by atoms with E-state index in [0.717, 1.165) is 24.8 Å². The van der Waals surface area contributed by atoms with Crippen LogP contribution in [0, 0.1) is 5.92 Å². The molecular formula is C18H29ClN2O3. The Morgan fingerprint density at radius 1 is 1.25 bits per heavy atom. The molecule has 2 rings (SSSR count). The van der Waals surface area contributed by atoms with Crippen molar-refractivity contribution in [2.24, 2.45) is 11.7 Å². The lowest BCUT2D eigenvalue weighted by molar-refractivity contribution is -0.125. The van der Waals surface area contributed by atoms with Crippen LogP contribution in [0.15, 0.2) is 18.2 Å². The molecule has 0 bridgehead atoms. The van der Waals surface area contributed by atoms with Crippen LogP contribution in [-0.4, -0.2) is 32.7 Å². The molecule has 1 amide bonds. The SMILES string of the molecule is COc1ccc(C(C)(C)CNC(=O)C2CCC(N)C2)cc1OC.Cl. The zero-order valence-corrected chi connectivity index (χ0v) is 15.7. The van der Waals surface area contributed by atoms with Crippen LogP contribution < -0.4 is 20.5 Å². The summed E-state index contributed by atoms with van der Waals surface area (Å²) in [5.41, 5.74) is 6.79. The molecule has 1 aliphatic rings. The second-order valence-electron chi connectivity index (χ2n) is 6.94. The van der Waals surface area contributed by atoms with E-state index >= 15 is 0 Å². The van der Waals surface area contributed by atoms with Crippen LogP contribution in [0.1, 0.15) is 38.7 Å². The Kier molecular flexibility index (Phi) is 7.36. The van der Waals surface area contributed by atoms with Crippen LogP contribution in [0.25, 0.3) is 0 Å². The normalized spacial score (nSPS) is 20.2. The zero-order valence-electron chi connectivity index (χ0n) is 14.9. The van der Waals surface area contributed by atoms with E-state index in [4.69, 9.17) is 15.2 Å². The van der Waals surface area contributed by atoms with Crippen LogP contribution in [0.4, 0.5) is 0 Å². The Labute approximate surface area is 150 Å². The van der Waals surface area contributed by atoms with Crippen molar-refractivity contribution in [1.82, 2.24) is 5.32 Å². The third-order valence-corrected chi connectivity index (χ3v) is 4.71. The topological polar surface area (TPSA) is 73.6 Å². The minimum Gasteiger partial charge on any atom is -0.493 e. The number of carbonyl (C=O) groups excluding carboxylic acids is 1. The minimum atomic E-state index is -0.198. The Bertz CT molecular complexity index is 563. The molecule has 24 heavy (non-hydrogen) atoms. The molecule has 3 N–H and O–H groups in total. The van der Waals surface area contributed by atoms with Crippen LogP contribution >= 0.6 is 12.4 Å². The molecule has 0 spiro atoms. The number of nitrogens with two attached hydrogens (primary N) is 1. The Morgan fingerprint density at radius 3 is 2.46 bits per heavy atom. The smallest absolute Gasteiger partial charge is 0.223 e. The molecule has 2 atom stereocenters. The summed E-state index contributed by atoms with van der Waals surface area (Å²) in [6, 6.07) is 6.05. The fourth-order valence-corrected chi connectivity index (χ4v) is 3.07. The van der Waals surface area contributed by atoms with E-state index in [1.807, 2.05) is 18.2 Å². The lowest BCUT2D eigenvalue weighted by atomic mass is 9.84. The van der Waals surface area contributed by atoms with Crippen molar-refractivity contribution in [3.05, 3.63) is 23.8 Å². The summed E-state index contributed by atoms with van der Waals surface area (Å²) in [6.07, 6.45) is 2.63. The second-order valence-corrected chi connectivity index (χ2v) is 6.94. The highest BCUT2D eigenvalue weighted by Gasteiger charge is 2.29. The summed E-state index contributed by atoms with van der Waals surface area (Å²) < 4.78 is 10.6. The standard InChI is InChI=1S/C18H28N2O3.ClH/c1-18(2,11-20-17(21)12-5-7-14(19)9-12)13-6-8-15(22-3)16(10-13)23-4;/h6,8,10,12,14H,5,7,9,11,19H2,1-4H3,(H,20,21);1H. The lowest BCUT2D eigenvalue weighted by Crippen LogP contribution is -2.39. The van der Waals surface area contributed by atoms with E-state index < -0.39 is 0 Å². The zero-order chi connectivity index (χ0) is 17.0. The van der Waals surface area contributed by atoms with E-state index in [-0.39, 0.29) is 35.7 Å². The Morgan fingerprint density at radius 2 is 1.92 bits per heavy atom. The molecule has 0 heterocycles.